The van der Waals surface area contributed by atoms with E-state index in [2.05, 4.69) is 0 Å². The summed E-state index contributed by atoms with van der Waals surface area (Å²) in [6.45, 7) is 0. The fraction of sp³-hybridized carbons (Fsp3) is 0.111. The van der Waals surface area contributed by atoms with Crippen molar-refractivity contribution >= 4 is 11.6 Å². The van der Waals surface area contributed by atoms with Crippen molar-refractivity contribution in [1.29, 1.82) is 0 Å². The van der Waals surface area contributed by atoms with Crippen LogP contribution in [0.25, 0.3) is 0 Å². The van der Waals surface area contributed by atoms with Crippen molar-refractivity contribution in [3.05, 3.63) is 84.0 Å². The van der Waals surface area contributed by atoms with Crippen molar-refractivity contribution < 1.29 is 9.59 Å². The molecule has 0 bridgehead atoms. The Morgan fingerprint density at radius 1 is 0.650 bits per heavy atom. The highest BCUT2D eigenvalue weighted by Crippen LogP contribution is 2.23. The molecule has 0 unspecified atom stereocenters. The average molecular weight is 262 g/mol. The third-order valence-electron chi connectivity index (χ3n) is 3.56. The molecular weight excluding hydrogens is 248 g/mol. The normalized spacial score (nSPS) is 17.2. The van der Waals surface area contributed by atoms with Crippen LogP contribution < -0.4 is 0 Å². The second-order valence-electron chi connectivity index (χ2n) is 4.87. The minimum atomic E-state index is -0.251. The molecule has 2 aliphatic carbocycles. The number of carbonyl (C=O) groups excluding carboxylic acids is 2. The molecule has 0 aromatic heterocycles. The van der Waals surface area contributed by atoms with Crippen LogP contribution in [0.2, 0.25) is 0 Å². The van der Waals surface area contributed by atoms with Crippen LogP contribution in [0.15, 0.2) is 72.9 Å². The standard InChI is InChI=1S/C18H14O2/c19-17(13-7-1-2-8-13)15-11-5-6-12-16(15)18(20)14-9-3-4-10-14/h1-14H. The quantitative estimate of drug-likeness (QED) is 0.778. The lowest BCUT2D eigenvalue weighted by atomic mass is 9.89. The summed E-state index contributed by atoms with van der Waals surface area (Å²) in [4.78, 5) is 25.0. The zero-order valence-electron chi connectivity index (χ0n) is 10.9. The molecular formula is C18H14O2. The number of rotatable bonds is 4. The summed E-state index contributed by atoms with van der Waals surface area (Å²) in [6.07, 6.45) is 14.8. The molecule has 0 amide bonds. The molecule has 3 rings (SSSR count). The van der Waals surface area contributed by atoms with Crippen LogP contribution in [-0.4, -0.2) is 11.6 Å². The van der Waals surface area contributed by atoms with Crippen LogP contribution in [0.5, 0.6) is 0 Å². The summed E-state index contributed by atoms with van der Waals surface area (Å²) >= 11 is 0. The Morgan fingerprint density at radius 2 is 1.00 bits per heavy atom. The Bertz CT molecular complexity index is 591. The summed E-state index contributed by atoms with van der Waals surface area (Å²) in [5, 5.41) is 0. The van der Waals surface area contributed by atoms with Gasteiger partial charge in [-0.1, -0.05) is 72.9 Å². The average Bonchev–Trinajstić information content (AvgIpc) is 3.18. The van der Waals surface area contributed by atoms with Gasteiger partial charge in [-0.3, -0.25) is 9.59 Å². The molecule has 0 N–H and O–H groups in total. The van der Waals surface area contributed by atoms with Crippen molar-refractivity contribution in [3.63, 3.8) is 0 Å². The molecule has 0 atom stereocenters. The van der Waals surface area contributed by atoms with E-state index in [-0.39, 0.29) is 23.4 Å². The number of carbonyl (C=O) groups is 2. The molecule has 98 valence electrons. The number of allylic oxidation sites excluding steroid dienone is 8. The molecule has 0 saturated heterocycles. The summed E-state index contributed by atoms with van der Waals surface area (Å²) in [7, 11) is 0. The van der Waals surface area contributed by atoms with Gasteiger partial charge < -0.3 is 0 Å². The molecule has 0 fully saturated rings. The minimum Gasteiger partial charge on any atom is -0.293 e. The van der Waals surface area contributed by atoms with Gasteiger partial charge in [0.25, 0.3) is 0 Å². The first kappa shape index (κ1) is 12.5. The van der Waals surface area contributed by atoms with E-state index in [1.807, 2.05) is 48.6 Å². The van der Waals surface area contributed by atoms with Gasteiger partial charge in [-0.05, 0) is 0 Å². The molecule has 0 spiro atoms. The van der Waals surface area contributed by atoms with Gasteiger partial charge in [0.05, 0.1) is 11.8 Å². The maximum absolute atomic E-state index is 12.5. The number of hydrogen-bond donors (Lipinski definition) is 0. The van der Waals surface area contributed by atoms with E-state index in [9.17, 15) is 9.59 Å². The van der Waals surface area contributed by atoms with E-state index in [1.54, 1.807) is 24.3 Å². The maximum Gasteiger partial charge on any atom is 0.174 e. The van der Waals surface area contributed by atoms with Gasteiger partial charge in [0.1, 0.15) is 0 Å². The van der Waals surface area contributed by atoms with E-state index in [0.717, 1.165) is 0 Å². The predicted octanol–water partition coefficient (Wildman–Crippen LogP) is 3.54. The first-order valence-corrected chi connectivity index (χ1v) is 6.65. The van der Waals surface area contributed by atoms with Crippen molar-refractivity contribution in [3.8, 4) is 0 Å². The highest BCUT2D eigenvalue weighted by Gasteiger charge is 2.24. The molecule has 0 radical (unpaired) electrons. The van der Waals surface area contributed by atoms with Gasteiger partial charge in [0.15, 0.2) is 11.6 Å². The van der Waals surface area contributed by atoms with Crippen LogP contribution in [-0.2, 0) is 0 Å². The molecule has 2 aliphatic rings. The van der Waals surface area contributed by atoms with Crippen molar-refractivity contribution in [2.45, 2.75) is 0 Å². The molecule has 0 heterocycles. The van der Waals surface area contributed by atoms with Crippen LogP contribution >= 0.6 is 0 Å². The van der Waals surface area contributed by atoms with E-state index in [4.69, 9.17) is 0 Å². The van der Waals surface area contributed by atoms with Crippen molar-refractivity contribution in [2.24, 2.45) is 11.8 Å². The zero-order valence-corrected chi connectivity index (χ0v) is 10.9. The predicted molar refractivity (Wildman–Crippen MR) is 78.6 cm³/mol. The van der Waals surface area contributed by atoms with E-state index in [1.165, 1.54) is 0 Å². The monoisotopic (exact) mass is 262 g/mol. The van der Waals surface area contributed by atoms with Crippen LogP contribution in [0, 0.1) is 11.8 Å². The lowest BCUT2D eigenvalue weighted by molar-refractivity contribution is 0.0932. The number of hydrogen-bond acceptors (Lipinski definition) is 2. The van der Waals surface area contributed by atoms with Crippen molar-refractivity contribution in [2.75, 3.05) is 0 Å². The molecule has 1 aromatic rings. The zero-order chi connectivity index (χ0) is 13.9. The van der Waals surface area contributed by atoms with E-state index in [0.29, 0.717) is 11.1 Å². The summed E-state index contributed by atoms with van der Waals surface area (Å²) in [5.41, 5.74) is 1.01. The van der Waals surface area contributed by atoms with Crippen LogP contribution in [0.3, 0.4) is 0 Å². The van der Waals surface area contributed by atoms with Crippen molar-refractivity contribution in [1.82, 2.24) is 0 Å². The highest BCUT2D eigenvalue weighted by atomic mass is 16.1. The topological polar surface area (TPSA) is 34.1 Å². The smallest absolute Gasteiger partial charge is 0.174 e. The number of benzene rings is 1. The fourth-order valence-electron chi connectivity index (χ4n) is 2.49. The Morgan fingerprint density at radius 3 is 1.35 bits per heavy atom. The molecule has 0 saturated carbocycles. The van der Waals surface area contributed by atoms with E-state index >= 15 is 0 Å². The first-order chi connectivity index (χ1) is 9.77. The van der Waals surface area contributed by atoms with Gasteiger partial charge in [-0.15, -0.1) is 0 Å². The Kier molecular flexibility index (Phi) is 3.30. The Balaban J connectivity index is 1.95. The lowest BCUT2D eigenvalue weighted by Gasteiger charge is -2.12. The lowest BCUT2D eigenvalue weighted by Crippen LogP contribution is -2.17. The highest BCUT2D eigenvalue weighted by molar-refractivity contribution is 6.12. The number of ketones is 2. The van der Waals surface area contributed by atoms with Crippen LogP contribution in [0.1, 0.15) is 20.7 Å². The first-order valence-electron chi connectivity index (χ1n) is 6.65. The second-order valence-corrected chi connectivity index (χ2v) is 4.87. The molecule has 20 heavy (non-hydrogen) atoms. The number of Topliss-reactive ketones (excluding diaryl/α,β-unsaturated/α-hetero) is 2. The maximum atomic E-state index is 12.5. The van der Waals surface area contributed by atoms with Crippen LogP contribution in [0.4, 0.5) is 0 Å². The third kappa shape index (κ3) is 2.21. The van der Waals surface area contributed by atoms with Gasteiger partial charge in [-0.25, -0.2) is 0 Å². The molecule has 0 aliphatic heterocycles. The Hall–Kier alpha value is -2.48. The fourth-order valence-corrected chi connectivity index (χ4v) is 2.49. The van der Waals surface area contributed by atoms with Gasteiger partial charge in [-0.2, -0.15) is 0 Å². The second kappa shape index (κ2) is 5.25. The summed E-state index contributed by atoms with van der Waals surface area (Å²) in [6, 6.07) is 7.06. The van der Waals surface area contributed by atoms with E-state index < -0.39 is 0 Å². The molecule has 1 aromatic carbocycles. The minimum absolute atomic E-state index is 0.0232. The molecule has 2 nitrogen and oxygen atoms in total. The summed E-state index contributed by atoms with van der Waals surface area (Å²) < 4.78 is 0. The summed E-state index contributed by atoms with van der Waals surface area (Å²) in [5.74, 6) is -0.549. The SMILES string of the molecule is O=C(c1ccccc1C(=O)C1C=CC=C1)C1C=CC=C1. The van der Waals surface area contributed by atoms with Gasteiger partial charge >= 0.3 is 0 Å². The van der Waals surface area contributed by atoms with Gasteiger partial charge in [0.2, 0.25) is 0 Å². The molecule has 2 heteroatoms. The third-order valence-corrected chi connectivity index (χ3v) is 3.56. The Labute approximate surface area is 117 Å². The van der Waals surface area contributed by atoms with Gasteiger partial charge in [0, 0.05) is 11.1 Å². The largest absolute Gasteiger partial charge is 0.293 e.